The Morgan fingerprint density at radius 3 is 2.94 bits per heavy atom. The van der Waals surface area contributed by atoms with E-state index in [1.807, 2.05) is 0 Å². The van der Waals surface area contributed by atoms with Crippen molar-refractivity contribution in [2.45, 2.75) is 20.3 Å². The SMILES string of the molecule is CC(C)Cc1sc(Cl)nc1C(=O)Nc1nccs1. The van der Waals surface area contributed by atoms with Gasteiger partial charge in [0, 0.05) is 16.5 Å². The van der Waals surface area contributed by atoms with E-state index >= 15 is 0 Å². The molecule has 0 radical (unpaired) electrons. The number of carbonyl (C=O) groups excluding carboxylic acids is 1. The van der Waals surface area contributed by atoms with Crippen molar-refractivity contribution in [3.8, 4) is 0 Å². The van der Waals surface area contributed by atoms with Crippen LogP contribution in [0.3, 0.4) is 0 Å². The van der Waals surface area contributed by atoms with Crippen LogP contribution in [0.5, 0.6) is 0 Å². The third-order valence-corrected chi connectivity index (χ3v) is 4.00. The molecule has 1 N–H and O–H groups in total. The van der Waals surface area contributed by atoms with Gasteiger partial charge in [-0.1, -0.05) is 25.4 Å². The van der Waals surface area contributed by atoms with Crippen LogP contribution >= 0.6 is 34.3 Å². The van der Waals surface area contributed by atoms with Gasteiger partial charge in [-0.3, -0.25) is 10.1 Å². The number of hydrogen-bond donors (Lipinski definition) is 1. The number of halogens is 1. The van der Waals surface area contributed by atoms with Crippen molar-refractivity contribution in [1.29, 1.82) is 0 Å². The van der Waals surface area contributed by atoms with Crippen LogP contribution in [-0.2, 0) is 6.42 Å². The summed E-state index contributed by atoms with van der Waals surface area (Å²) in [6, 6.07) is 0. The molecule has 96 valence electrons. The van der Waals surface area contributed by atoms with Gasteiger partial charge in [-0.05, 0) is 12.3 Å². The smallest absolute Gasteiger partial charge is 0.277 e. The van der Waals surface area contributed by atoms with E-state index in [-0.39, 0.29) is 5.91 Å². The lowest BCUT2D eigenvalue weighted by atomic mass is 10.1. The summed E-state index contributed by atoms with van der Waals surface area (Å²) >= 11 is 8.62. The van der Waals surface area contributed by atoms with E-state index in [4.69, 9.17) is 11.6 Å². The quantitative estimate of drug-likeness (QED) is 0.936. The number of nitrogens with zero attached hydrogens (tertiary/aromatic N) is 2. The molecule has 0 atom stereocenters. The number of hydrogen-bond acceptors (Lipinski definition) is 5. The summed E-state index contributed by atoms with van der Waals surface area (Å²) in [6.45, 7) is 4.19. The number of amides is 1. The molecule has 0 aliphatic carbocycles. The lowest BCUT2D eigenvalue weighted by Gasteiger charge is -2.04. The molecule has 0 fully saturated rings. The molecule has 2 heterocycles. The van der Waals surface area contributed by atoms with Crippen molar-refractivity contribution in [2.75, 3.05) is 5.32 Å². The fourth-order valence-corrected chi connectivity index (χ4v) is 3.33. The molecule has 0 aliphatic heterocycles. The van der Waals surface area contributed by atoms with Crippen molar-refractivity contribution < 1.29 is 4.79 Å². The molecular formula is C11H12ClN3OS2. The second-order valence-corrected chi connectivity index (χ2v) is 6.69. The van der Waals surface area contributed by atoms with Crippen LogP contribution in [0.4, 0.5) is 5.13 Å². The highest BCUT2D eigenvalue weighted by atomic mass is 35.5. The van der Waals surface area contributed by atoms with Gasteiger partial charge in [0.25, 0.3) is 5.91 Å². The molecule has 2 rings (SSSR count). The first kappa shape index (κ1) is 13.5. The summed E-state index contributed by atoms with van der Waals surface area (Å²) < 4.78 is 0.398. The summed E-state index contributed by atoms with van der Waals surface area (Å²) in [6.07, 6.45) is 2.44. The van der Waals surface area contributed by atoms with Gasteiger partial charge < -0.3 is 0 Å². The summed E-state index contributed by atoms with van der Waals surface area (Å²) in [4.78, 5) is 21.1. The molecule has 1 amide bonds. The number of aromatic nitrogens is 2. The van der Waals surface area contributed by atoms with Gasteiger partial charge in [-0.2, -0.15) is 0 Å². The van der Waals surface area contributed by atoms with Crippen LogP contribution in [0.15, 0.2) is 11.6 Å². The van der Waals surface area contributed by atoms with Gasteiger partial charge in [-0.25, -0.2) is 9.97 Å². The molecule has 0 bridgehead atoms. The minimum absolute atomic E-state index is 0.247. The molecule has 0 spiro atoms. The molecule has 4 nitrogen and oxygen atoms in total. The Hall–Kier alpha value is -0.980. The molecule has 2 aromatic rings. The minimum atomic E-state index is -0.247. The monoisotopic (exact) mass is 301 g/mol. The van der Waals surface area contributed by atoms with Crippen molar-refractivity contribution in [2.24, 2.45) is 5.92 Å². The standard InChI is InChI=1S/C11H12ClN3OS2/c1-6(2)5-7-8(14-10(12)18-7)9(16)15-11-13-3-4-17-11/h3-4,6H,5H2,1-2H3,(H,13,15,16). The fourth-order valence-electron chi connectivity index (χ4n) is 1.45. The zero-order valence-electron chi connectivity index (χ0n) is 9.94. The molecule has 0 aromatic carbocycles. The molecule has 0 saturated carbocycles. The Morgan fingerprint density at radius 2 is 2.33 bits per heavy atom. The van der Waals surface area contributed by atoms with Crippen LogP contribution in [0.25, 0.3) is 0 Å². The molecular weight excluding hydrogens is 290 g/mol. The lowest BCUT2D eigenvalue weighted by Crippen LogP contribution is -2.14. The molecule has 7 heteroatoms. The van der Waals surface area contributed by atoms with Gasteiger partial charge in [-0.15, -0.1) is 22.7 Å². The van der Waals surface area contributed by atoms with Crippen molar-refractivity contribution in [3.05, 3.63) is 26.6 Å². The van der Waals surface area contributed by atoms with E-state index in [0.717, 1.165) is 11.3 Å². The molecule has 0 saturated heterocycles. The van der Waals surface area contributed by atoms with Gasteiger partial charge in [0.1, 0.15) is 5.69 Å². The summed E-state index contributed by atoms with van der Waals surface area (Å²) in [5.41, 5.74) is 0.411. The third kappa shape index (κ3) is 3.28. The van der Waals surface area contributed by atoms with E-state index < -0.39 is 0 Å². The second kappa shape index (κ2) is 5.77. The van der Waals surface area contributed by atoms with E-state index in [9.17, 15) is 4.79 Å². The van der Waals surface area contributed by atoms with Crippen LogP contribution in [-0.4, -0.2) is 15.9 Å². The Labute approximate surface area is 118 Å². The Morgan fingerprint density at radius 1 is 1.56 bits per heavy atom. The largest absolute Gasteiger partial charge is 0.296 e. The topological polar surface area (TPSA) is 54.9 Å². The Bertz CT molecular complexity index is 536. The number of thiazole rings is 2. The fraction of sp³-hybridized carbons (Fsp3) is 0.364. The highest BCUT2D eigenvalue weighted by Gasteiger charge is 2.19. The Kier molecular flexibility index (Phi) is 4.31. The molecule has 0 aliphatic rings. The highest BCUT2D eigenvalue weighted by molar-refractivity contribution is 7.16. The van der Waals surface area contributed by atoms with Crippen molar-refractivity contribution in [3.63, 3.8) is 0 Å². The van der Waals surface area contributed by atoms with Crippen LogP contribution in [0.2, 0.25) is 4.47 Å². The number of nitrogens with one attached hydrogen (secondary N) is 1. The zero-order valence-corrected chi connectivity index (χ0v) is 12.3. The average molecular weight is 302 g/mol. The maximum atomic E-state index is 12.1. The molecule has 2 aromatic heterocycles. The van der Waals surface area contributed by atoms with E-state index in [1.165, 1.54) is 22.7 Å². The first-order valence-electron chi connectivity index (χ1n) is 5.42. The predicted molar refractivity (Wildman–Crippen MR) is 75.7 cm³/mol. The van der Waals surface area contributed by atoms with Crippen LogP contribution in [0, 0.1) is 5.92 Å². The molecule has 0 unspecified atom stereocenters. The van der Waals surface area contributed by atoms with Gasteiger partial charge in [0.15, 0.2) is 9.60 Å². The minimum Gasteiger partial charge on any atom is -0.296 e. The Balaban J connectivity index is 2.18. The van der Waals surface area contributed by atoms with E-state index in [1.54, 1.807) is 11.6 Å². The van der Waals surface area contributed by atoms with Crippen LogP contribution in [0.1, 0.15) is 29.2 Å². The van der Waals surface area contributed by atoms with Gasteiger partial charge in [0.2, 0.25) is 0 Å². The number of rotatable bonds is 4. The van der Waals surface area contributed by atoms with Gasteiger partial charge >= 0.3 is 0 Å². The number of carbonyl (C=O) groups is 1. The normalized spacial score (nSPS) is 10.9. The average Bonchev–Trinajstić information content (AvgIpc) is 2.87. The zero-order chi connectivity index (χ0) is 13.1. The summed E-state index contributed by atoms with van der Waals surface area (Å²) in [5, 5.41) is 5.09. The van der Waals surface area contributed by atoms with Gasteiger partial charge in [0.05, 0.1) is 0 Å². The van der Waals surface area contributed by atoms with Crippen molar-refractivity contribution in [1.82, 2.24) is 9.97 Å². The first-order chi connectivity index (χ1) is 8.56. The maximum Gasteiger partial charge on any atom is 0.277 e. The predicted octanol–water partition coefficient (Wildman–Crippen LogP) is 3.70. The maximum absolute atomic E-state index is 12.1. The second-order valence-electron chi connectivity index (χ2n) is 4.13. The summed E-state index contributed by atoms with van der Waals surface area (Å²) in [5.74, 6) is 0.205. The van der Waals surface area contributed by atoms with Crippen LogP contribution < -0.4 is 5.32 Å². The molecule has 18 heavy (non-hydrogen) atoms. The highest BCUT2D eigenvalue weighted by Crippen LogP contribution is 2.26. The first-order valence-corrected chi connectivity index (χ1v) is 7.49. The third-order valence-electron chi connectivity index (χ3n) is 2.13. The summed E-state index contributed by atoms with van der Waals surface area (Å²) in [7, 11) is 0. The van der Waals surface area contributed by atoms with E-state index in [0.29, 0.717) is 21.2 Å². The van der Waals surface area contributed by atoms with E-state index in [2.05, 4.69) is 29.1 Å². The number of anilines is 1. The lowest BCUT2D eigenvalue weighted by molar-refractivity contribution is 0.102. The van der Waals surface area contributed by atoms with Crippen molar-refractivity contribution >= 4 is 45.3 Å².